The highest BCUT2D eigenvalue weighted by Crippen LogP contribution is 2.15. The monoisotopic (exact) mass is 420 g/mol. The molecule has 122 valence electrons. The van der Waals surface area contributed by atoms with Gasteiger partial charge in [-0.2, -0.15) is 0 Å². The summed E-state index contributed by atoms with van der Waals surface area (Å²) < 4.78 is 7.08. The molecular formula is C21H25IO. The standard InChI is InChI=1S/C21H25IO/c22-17-9-4-2-1-3-6-10-19-13-15-21(16-14-19)23-18-20-11-7-5-8-12-20/h1,3,5,7-8,11-16H,2,4,6,9-10,17-18H2/b3-1+. The molecule has 23 heavy (non-hydrogen) atoms. The van der Waals surface area contributed by atoms with Crippen molar-refractivity contribution in [1.29, 1.82) is 0 Å². The van der Waals surface area contributed by atoms with E-state index in [1.165, 1.54) is 34.8 Å². The lowest BCUT2D eigenvalue weighted by Gasteiger charge is -2.07. The van der Waals surface area contributed by atoms with Gasteiger partial charge in [-0.15, -0.1) is 0 Å². The fraction of sp³-hybridized carbons (Fsp3) is 0.333. The van der Waals surface area contributed by atoms with Gasteiger partial charge in [-0.3, -0.25) is 0 Å². The van der Waals surface area contributed by atoms with Crippen molar-refractivity contribution in [3.8, 4) is 5.75 Å². The zero-order chi connectivity index (χ0) is 16.2. The van der Waals surface area contributed by atoms with Crippen molar-refractivity contribution in [3.05, 3.63) is 77.9 Å². The Morgan fingerprint density at radius 1 is 0.783 bits per heavy atom. The van der Waals surface area contributed by atoms with E-state index in [9.17, 15) is 0 Å². The number of rotatable bonds is 10. The number of unbranched alkanes of at least 4 members (excludes halogenated alkanes) is 2. The summed E-state index contributed by atoms with van der Waals surface area (Å²) >= 11 is 2.44. The molecule has 0 radical (unpaired) electrons. The van der Waals surface area contributed by atoms with Gasteiger partial charge in [0.1, 0.15) is 12.4 Å². The van der Waals surface area contributed by atoms with Crippen LogP contribution in [0.4, 0.5) is 0 Å². The molecule has 0 unspecified atom stereocenters. The second kappa shape index (κ2) is 11.3. The van der Waals surface area contributed by atoms with Crippen LogP contribution in [-0.2, 0) is 13.0 Å². The summed E-state index contributed by atoms with van der Waals surface area (Å²) in [6, 6.07) is 18.8. The van der Waals surface area contributed by atoms with Crippen LogP contribution >= 0.6 is 22.6 Å². The number of benzene rings is 2. The number of halogens is 1. The Labute approximate surface area is 153 Å². The molecule has 0 atom stereocenters. The molecule has 2 aromatic rings. The van der Waals surface area contributed by atoms with Crippen molar-refractivity contribution in [1.82, 2.24) is 0 Å². The van der Waals surface area contributed by atoms with E-state index in [1.807, 2.05) is 18.2 Å². The van der Waals surface area contributed by atoms with Crippen molar-refractivity contribution in [2.45, 2.75) is 38.7 Å². The molecule has 0 fully saturated rings. The zero-order valence-electron chi connectivity index (χ0n) is 13.6. The molecule has 0 aliphatic carbocycles. The van der Waals surface area contributed by atoms with Gasteiger partial charge in [-0.05, 0) is 59.8 Å². The van der Waals surface area contributed by atoms with Crippen LogP contribution in [0.2, 0.25) is 0 Å². The number of ether oxygens (including phenoxy) is 1. The highest BCUT2D eigenvalue weighted by molar-refractivity contribution is 14.1. The topological polar surface area (TPSA) is 9.23 Å². The van der Waals surface area contributed by atoms with Gasteiger partial charge in [0.2, 0.25) is 0 Å². The molecule has 0 amide bonds. The fourth-order valence-electron chi connectivity index (χ4n) is 2.34. The fourth-order valence-corrected chi connectivity index (χ4v) is 2.88. The summed E-state index contributed by atoms with van der Waals surface area (Å²) in [7, 11) is 0. The summed E-state index contributed by atoms with van der Waals surface area (Å²) in [5.74, 6) is 0.937. The van der Waals surface area contributed by atoms with Crippen LogP contribution in [0.5, 0.6) is 5.75 Å². The van der Waals surface area contributed by atoms with Gasteiger partial charge in [-0.25, -0.2) is 0 Å². The van der Waals surface area contributed by atoms with Crippen LogP contribution in [-0.4, -0.2) is 4.43 Å². The Balaban J connectivity index is 1.68. The first-order valence-electron chi connectivity index (χ1n) is 8.35. The first-order valence-corrected chi connectivity index (χ1v) is 9.87. The van der Waals surface area contributed by atoms with E-state index in [0.717, 1.165) is 18.6 Å². The Morgan fingerprint density at radius 3 is 2.26 bits per heavy atom. The normalized spacial score (nSPS) is 11.0. The molecule has 0 saturated heterocycles. The average molecular weight is 420 g/mol. The van der Waals surface area contributed by atoms with Crippen molar-refractivity contribution < 1.29 is 4.74 Å². The molecule has 1 nitrogen and oxygen atoms in total. The summed E-state index contributed by atoms with van der Waals surface area (Å²) in [5, 5.41) is 0. The maximum atomic E-state index is 5.81. The van der Waals surface area contributed by atoms with Gasteiger partial charge < -0.3 is 4.74 Å². The lowest BCUT2D eigenvalue weighted by atomic mass is 10.1. The van der Waals surface area contributed by atoms with Crippen molar-refractivity contribution in [2.75, 3.05) is 4.43 Å². The molecular weight excluding hydrogens is 395 g/mol. The van der Waals surface area contributed by atoms with Crippen molar-refractivity contribution in [3.63, 3.8) is 0 Å². The number of hydrogen-bond acceptors (Lipinski definition) is 1. The van der Waals surface area contributed by atoms with Crippen molar-refractivity contribution in [2.24, 2.45) is 0 Å². The Kier molecular flexibility index (Phi) is 8.85. The predicted octanol–water partition coefficient (Wildman–Crippen LogP) is 6.36. The number of allylic oxidation sites excluding steroid dienone is 2. The zero-order valence-corrected chi connectivity index (χ0v) is 15.7. The third kappa shape index (κ3) is 7.69. The molecule has 0 N–H and O–H groups in total. The average Bonchev–Trinajstić information content (AvgIpc) is 2.61. The molecule has 0 aliphatic rings. The lowest BCUT2D eigenvalue weighted by molar-refractivity contribution is 0.306. The predicted molar refractivity (Wildman–Crippen MR) is 107 cm³/mol. The smallest absolute Gasteiger partial charge is 0.119 e. The maximum absolute atomic E-state index is 5.81. The van der Waals surface area contributed by atoms with Crippen LogP contribution in [0, 0.1) is 0 Å². The quantitative estimate of drug-likeness (QED) is 0.188. The largest absolute Gasteiger partial charge is 0.489 e. The number of alkyl halides is 1. The van der Waals surface area contributed by atoms with E-state index in [2.05, 4.69) is 71.1 Å². The van der Waals surface area contributed by atoms with Crippen LogP contribution in [0.15, 0.2) is 66.7 Å². The highest BCUT2D eigenvalue weighted by Gasteiger charge is 1.97. The summed E-state index contributed by atoms with van der Waals surface area (Å²) in [5.41, 5.74) is 2.57. The van der Waals surface area contributed by atoms with Gasteiger partial charge in [0, 0.05) is 0 Å². The number of hydrogen-bond donors (Lipinski definition) is 0. The SMILES string of the molecule is ICCCC/C=C/CCc1ccc(OCc2ccccc2)cc1. The summed E-state index contributed by atoms with van der Waals surface area (Å²) in [6.45, 7) is 0.625. The Bertz CT molecular complexity index is 560. The number of aryl methyl sites for hydroxylation is 1. The second-order valence-electron chi connectivity index (χ2n) is 5.61. The van der Waals surface area contributed by atoms with Crippen LogP contribution in [0.3, 0.4) is 0 Å². The maximum Gasteiger partial charge on any atom is 0.119 e. The molecule has 0 saturated carbocycles. The minimum atomic E-state index is 0.625. The Morgan fingerprint density at radius 2 is 1.52 bits per heavy atom. The molecule has 0 aliphatic heterocycles. The third-order valence-electron chi connectivity index (χ3n) is 3.69. The molecule has 0 spiro atoms. The highest BCUT2D eigenvalue weighted by atomic mass is 127. The van der Waals surface area contributed by atoms with E-state index in [1.54, 1.807) is 0 Å². The van der Waals surface area contributed by atoms with Gasteiger partial charge in [0.05, 0.1) is 0 Å². The molecule has 0 bridgehead atoms. The summed E-state index contributed by atoms with van der Waals surface area (Å²) in [6.07, 6.45) is 10.7. The molecule has 2 heteroatoms. The van der Waals surface area contributed by atoms with Gasteiger partial charge >= 0.3 is 0 Å². The van der Waals surface area contributed by atoms with E-state index < -0.39 is 0 Å². The molecule has 0 aromatic heterocycles. The first kappa shape index (κ1) is 18.1. The minimum absolute atomic E-state index is 0.625. The second-order valence-corrected chi connectivity index (χ2v) is 6.69. The minimum Gasteiger partial charge on any atom is -0.489 e. The van der Waals surface area contributed by atoms with Crippen LogP contribution in [0.25, 0.3) is 0 Å². The summed E-state index contributed by atoms with van der Waals surface area (Å²) in [4.78, 5) is 0. The van der Waals surface area contributed by atoms with Gasteiger partial charge in [-0.1, -0.05) is 77.2 Å². The third-order valence-corrected chi connectivity index (χ3v) is 4.46. The van der Waals surface area contributed by atoms with Crippen LogP contribution in [0.1, 0.15) is 36.8 Å². The first-order chi connectivity index (χ1) is 11.4. The van der Waals surface area contributed by atoms with Crippen molar-refractivity contribution >= 4 is 22.6 Å². The molecule has 2 rings (SSSR count). The molecule has 0 heterocycles. The van der Waals surface area contributed by atoms with E-state index in [4.69, 9.17) is 4.74 Å². The van der Waals surface area contributed by atoms with E-state index in [-0.39, 0.29) is 0 Å². The van der Waals surface area contributed by atoms with Gasteiger partial charge in [0.25, 0.3) is 0 Å². The van der Waals surface area contributed by atoms with E-state index in [0.29, 0.717) is 6.61 Å². The van der Waals surface area contributed by atoms with E-state index >= 15 is 0 Å². The lowest BCUT2D eigenvalue weighted by Crippen LogP contribution is -1.95. The molecule has 2 aromatic carbocycles. The Hall–Kier alpha value is -1.29. The van der Waals surface area contributed by atoms with Crippen LogP contribution < -0.4 is 4.74 Å². The van der Waals surface area contributed by atoms with Gasteiger partial charge in [0.15, 0.2) is 0 Å².